The summed E-state index contributed by atoms with van der Waals surface area (Å²) in [6.07, 6.45) is 4.65. The molecule has 0 spiro atoms. The average Bonchev–Trinajstić information content (AvgIpc) is 2.62. The SMILES string of the molecule is N#CCN(CC(=O)N1CCO[C@H]2CCCC[C@@H]21)Cc1ccccc1. The summed E-state index contributed by atoms with van der Waals surface area (Å²) in [4.78, 5) is 16.8. The highest BCUT2D eigenvalue weighted by atomic mass is 16.5. The molecule has 128 valence electrons. The van der Waals surface area contributed by atoms with Crippen LogP contribution in [0.2, 0.25) is 0 Å². The molecule has 1 saturated heterocycles. The fraction of sp³-hybridized carbons (Fsp3) is 0.579. The van der Waals surface area contributed by atoms with Crippen molar-refractivity contribution in [3.05, 3.63) is 35.9 Å². The molecular weight excluding hydrogens is 302 g/mol. The van der Waals surface area contributed by atoms with Crippen molar-refractivity contribution >= 4 is 5.91 Å². The molecule has 5 nitrogen and oxygen atoms in total. The quantitative estimate of drug-likeness (QED) is 0.778. The minimum Gasteiger partial charge on any atom is -0.374 e. The number of ether oxygens (including phenoxy) is 1. The smallest absolute Gasteiger partial charge is 0.237 e. The van der Waals surface area contributed by atoms with E-state index in [1.807, 2.05) is 40.1 Å². The van der Waals surface area contributed by atoms with Crippen LogP contribution in [0.15, 0.2) is 30.3 Å². The molecule has 2 fully saturated rings. The Morgan fingerprint density at radius 3 is 2.88 bits per heavy atom. The van der Waals surface area contributed by atoms with E-state index in [2.05, 4.69) is 6.07 Å². The van der Waals surface area contributed by atoms with E-state index >= 15 is 0 Å². The van der Waals surface area contributed by atoms with Crippen molar-refractivity contribution in [3.63, 3.8) is 0 Å². The second-order valence-corrected chi connectivity index (χ2v) is 6.64. The van der Waals surface area contributed by atoms with Crippen LogP contribution in [0.1, 0.15) is 31.2 Å². The number of rotatable bonds is 5. The summed E-state index contributed by atoms with van der Waals surface area (Å²) >= 11 is 0. The van der Waals surface area contributed by atoms with Crippen molar-refractivity contribution in [1.29, 1.82) is 5.26 Å². The van der Waals surface area contributed by atoms with Gasteiger partial charge < -0.3 is 9.64 Å². The molecule has 24 heavy (non-hydrogen) atoms. The molecule has 0 radical (unpaired) electrons. The molecule has 0 bridgehead atoms. The summed E-state index contributed by atoms with van der Waals surface area (Å²) in [5, 5.41) is 9.09. The van der Waals surface area contributed by atoms with Gasteiger partial charge in [-0.1, -0.05) is 43.2 Å². The predicted molar refractivity (Wildman–Crippen MR) is 91.0 cm³/mol. The number of carbonyl (C=O) groups is 1. The van der Waals surface area contributed by atoms with Gasteiger partial charge in [-0.05, 0) is 18.4 Å². The van der Waals surface area contributed by atoms with Gasteiger partial charge in [-0.2, -0.15) is 5.26 Å². The zero-order valence-electron chi connectivity index (χ0n) is 14.1. The number of hydrogen-bond donors (Lipinski definition) is 0. The van der Waals surface area contributed by atoms with Gasteiger partial charge in [-0.25, -0.2) is 0 Å². The zero-order valence-corrected chi connectivity index (χ0v) is 14.1. The van der Waals surface area contributed by atoms with Crippen LogP contribution in [0, 0.1) is 11.3 Å². The highest BCUT2D eigenvalue weighted by Crippen LogP contribution is 2.28. The first-order valence-electron chi connectivity index (χ1n) is 8.82. The first-order valence-corrected chi connectivity index (χ1v) is 8.82. The van der Waals surface area contributed by atoms with Gasteiger partial charge in [0.15, 0.2) is 0 Å². The van der Waals surface area contributed by atoms with Crippen molar-refractivity contribution in [2.75, 3.05) is 26.2 Å². The molecular formula is C19H25N3O2. The number of fused-ring (bicyclic) bond motifs is 1. The molecule has 1 saturated carbocycles. The maximum atomic E-state index is 12.8. The van der Waals surface area contributed by atoms with Crippen LogP contribution in [0.25, 0.3) is 0 Å². The second-order valence-electron chi connectivity index (χ2n) is 6.64. The van der Waals surface area contributed by atoms with E-state index in [1.54, 1.807) is 0 Å². The molecule has 1 aromatic carbocycles. The third-order valence-electron chi connectivity index (χ3n) is 4.95. The Labute approximate surface area is 143 Å². The minimum absolute atomic E-state index is 0.126. The third-order valence-corrected chi connectivity index (χ3v) is 4.95. The maximum Gasteiger partial charge on any atom is 0.237 e. The molecule has 0 unspecified atom stereocenters. The van der Waals surface area contributed by atoms with Crippen molar-refractivity contribution in [1.82, 2.24) is 9.80 Å². The molecule has 0 aromatic heterocycles. The van der Waals surface area contributed by atoms with Gasteiger partial charge in [0.25, 0.3) is 0 Å². The van der Waals surface area contributed by atoms with Crippen LogP contribution >= 0.6 is 0 Å². The van der Waals surface area contributed by atoms with Crippen molar-refractivity contribution in [2.24, 2.45) is 0 Å². The molecule has 1 amide bonds. The Morgan fingerprint density at radius 1 is 1.29 bits per heavy atom. The topological polar surface area (TPSA) is 56.6 Å². The van der Waals surface area contributed by atoms with Crippen LogP contribution in [0.4, 0.5) is 0 Å². The van der Waals surface area contributed by atoms with Crippen LogP contribution in [0.3, 0.4) is 0 Å². The Balaban J connectivity index is 1.63. The van der Waals surface area contributed by atoms with Gasteiger partial charge in [0, 0.05) is 13.1 Å². The van der Waals surface area contributed by atoms with E-state index < -0.39 is 0 Å². The molecule has 1 aliphatic carbocycles. The molecule has 2 atom stereocenters. The van der Waals surface area contributed by atoms with E-state index in [4.69, 9.17) is 10.00 Å². The van der Waals surface area contributed by atoms with E-state index in [0.717, 1.165) is 18.4 Å². The summed E-state index contributed by atoms with van der Waals surface area (Å²) in [5.74, 6) is 0.126. The first-order chi connectivity index (χ1) is 11.8. The molecule has 5 heteroatoms. The number of nitriles is 1. The standard InChI is InChI=1S/C19H25N3O2/c20-10-11-21(14-16-6-2-1-3-7-16)15-19(23)22-12-13-24-18-9-5-4-8-17(18)22/h1-3,6-7,17-18H,4-5,8-9,11-15H2/t17-,18-/m0/s1. The predicted octanol–water partition coefficient (Wildman–Crippen LogP) is 2.18. The van der Waals surface area contributed by atoms with E-state index in [-0.39, 0.29) is 24.6 Å². The van der Waals surface area contributed by atoms with Crippen LogP contribution < -0.4 is 0 Å². The number of hydrogen-bond acceptors (Lipinski definition) is 4. The summed E-state index contributed by atoms with van der Waals surface area (Å²) in [6.45, 7) is 2.49. The number of amides is 1. The Kier molecular flexibility index (Phi) is 5.84. The molecule has 1 heterocycles. The van der Waals surface area contributed by atoms with Gasteiger partial charge in [-0.15, -0.1) is 0 Å². The van der Waals surface area contributed by atoms with Crippen LogP contribution in [-0.4, -0.2) is 54.1 Å². The van der Waals surface area contributed by atoms with Gasteiger partial charge in [0.1, 0.15) is 0 Å². The van der Waals surface area contributed by atoms with E-state index in [1.165, 1.54) is 12.8 Å². The number of nitrogens with zero attached hydrogens (tertiary/aromatic N) is 3. The van der Waals surface area contributed by atoms with Crippen molar-refractivity contribution in [2.45, 2.75) is 44.4 Å². The summed E-state index contributed by atoms with van der Waals surface area (Å²) in [5.41, 5.74) is 1.12. The summed E-state index contributed by atoms with van der Waals surface area (Å²) < 4.78 is 5.85. The number of morpholine rings is 1. The molecule has 1 aliphatic heterocycles. The molecule has 1 aromatic rings. The van der Waals surface area contributed by atoms with Gasteiger partial charge >= 0.3 is 0 Å². The van der Waals surface area contributed by atoms with Crippen LogP contribution in [0.5, 0.6) is 0 Å². The molecule has 3 rings (SSSR count). The van der Waals surface area contributed by atoms with Gasteiger partial charge in [-0.3, -0.25) is 9.69 Å². The lowest BCUT2D eigenvalue weighted by Crippen LogP contribution is -2.56. The first kappa shape index (κ1) is 16.9. The van der Waals surface area contributed by atoms with Gasteiger partial charge in [0.2, 0.25) is 5.91 Å². The normalized spacial score (nSPS) is 23.6. The summed E-state index contributed by atoms with van der Waals surface area (Å²) in [6, 6.07) is 12.4. The Hall–Kier alpha value is -1.90. The average molecular weight is 327 g/mol. The zero-order chi connectivity index (χ0) is 16.8. The monoisotopic (exact) mass is 327 g/mol. The lowest BCUT2D eigenvalue weighted by Gasteiger charge is -2.44. The Morgan fingerprint density at radius 2 is 2.08 bits per heavy atom. The fourth-order valence-corrected chi connectivity index (χ4v) is 3.80. The lowest BCUT2D eigenvalue weighted by molar-refractivity contribution is -0.150. The summed E-state index contributed by atoms with van der Waals surface area (Å²) in [7, 11) is 0. The number of benzene rings is 1. The molecule has 0 N–H and O–H groups in total. The minimum atomic E-state index is 0.126. The number of carbonyl (C=O) groups excluding carboxylic acids is 1. The Bertz CT molecular complexity index is 582. The van der Waals surface area contributed by atoms with Gasteiger partial charge in [0.05, 0.1) is 37.9 Å². The van der Waals surface area contributed by atoms with Crippen LogP contribution in [-0.2, 0) is 16.1 Å². The lowest BCUT2D eigenvalue weighted by atomic mass is 9.90. The van der Waals surface area contributed by atoms with Crippen molar-refractivity contribution < 1.29 is 9.53 Å². The maximum absolute atomic E-state index is 12.8. The third kappa shape index (κ3) is 4.14. The van der Waals surface area contributed by atoms with E-state index in [9.17, 15) is 4.79 Å². The molecule has 2 aliphatic rings. The highest BCUT2D eigenvalue weighted by Gasteiger charge is 2.36. The second kappa shape index (κ2) is 8.27. The largest absolute Gasteiger partial charge is 0.374 e. The highest BCUT2D eigenvalue weighted by molar-refractivity contribution is 5.78. The fourth-order valence-electron chi connectivity index (χ4n) is 3.80. The van der Waals surface area contributed by atoms with Crippen molar-refractivity contribution in [3.8, 4) is 6.07 Å². The van der Waals surface area contributed by atoms with E-state index in [0.29, 0.717) is 26.2 Å².